The van der Waals surface area contributed by atoms with Crippen molar-refractivity contribution in [1.29, 1.82) is 0 Å². The molecule has 1 aromatic carbocycles. The van der Waals surface area contributed by atoms with Gasteiger partial charge in [0.2, 0.25) is 0 Å². The fraction of sp³-hybridized carbons (Fsp3) is 0.167. The molecule has 0 unspecified atom stereocenters. The highest BCUT2D eigenvalue weighted by molar-refractivity contribution is 5.69. The van der Waals surface area contributed by atoms with Crippen LogP contribution < -0.4 is 5.73 Å². The topological polar surface area (TPSA) is 51.8 Å². The summed E-state index contributed by atoms with van der Waals surface area (Å²) in [6, 6.07) is 6.17. The highest BCUT2D eigenvalue weighted by atomic mass is 19.1. The normalized spacial score (nSPS) is 10.4. The molecule has 0 saturated heterocycles. The lowest BCUT2D eigenvalue weighted by Gasteiger charge is -2.07. The number of halogens is 1. The van der Waals surface area contributed by atoms with Gasteiger partial charge in [0.25, 0.3) is 0 Å². The van der Waals surface area contributed by atoms with Crippen LogP contribution in [0.1, 0.15) is 11.4 Å². The van der Waals surface area contributed by atoms with Crippen LogP contribution >= 0.6 is 0 Å². The number of hydrogen-bond acceptors (Lipinski definition) is 3. The number of hydrogen-bond donors (Lipinski definition) is 1. The zero-order valence-corrected chi connectivity index (χ0v) is 9.16. The number of benzene rings is 1. The number of rotatable bonds is 1. The van der Waals surface area contributed by atoms with Crippen LogP contribution in [-0.2, 0) is 0 Å². The Kier molecular flexibility index (Phi) is 2.56. The Bertz CT molecular complexity index is 538. The summed E-state index contributed by atoms with van der Waals surface area (Å²) in [6.07, 6.45) is 0. The second-order valence-corrected chi connectivity index (χ2v) is 3.64. The maximum Gasteiger partial charge on any atom is 0.150 e. The summed E-state index contributed by atoms with van der Waals surface area (Å²) in [5, 5.41) is 0. The molecule has 0 aliphatic rings. The highest BCUT2D eigenvalue weighted by Crippen LogP contribution is 2.23. The third-order valence-electron chi connectivity index (χ3n) is 2.43. The standard InChI is InChI=1S/C12H12FN3/c1-7-8(2)16-12(14)11(15-7)9-4-3-5-10(13)6-9/h3-6H,1-2H3,(H2,14,16). The van der Waals surface area contributed by atoms with E-state index in [4.69, 9.17) is 5.73 Å². The highest BCUT2D eigenvalue weighted by Gasteiger charge is 2.08. The molecule has 2 aromatic rings. The minimum absolute atomic E-state index is 0.308. The van der Waals surface area contributed by atoms with Gasteiger partial charge in [0.1, 0.15) is 17.3 Å². The second kappa shape index (κ2) is 3.89. The van der Waals surface area contributed by atoms with Gasteiger partial charge in [-0.3, -0.25) is 0 Å². The van der Waals surface area contributed by atoms with Gasteiger partial charge in [-0.15, -0.1) is 0 Å². The van der Waals surface area contributed by atoms with Gasteiger partial charge in [0, 0.05) is 5.56 Å². The number of aryl methyl sites for hydroxylation is 2. The first-order valence-corrected chi connectivity index (χ1v) is 4.94. The summed E-state index contributed by atoms with van der Waals surface area (Å²) in [6.45, 7) is 3.69. The fourth-order valence-electron chi connectivity index (χ4n) is 1.47. The van der Waals surface area contributed by atoms with Crippen LogP contribution in [0, 0.1) is 19.7 Å². The molecule has 0 amide bonds. The molecule has 16 heavy (non-hydrogen) atoms. The Morgan fingerprint density at radius 2 is 1.81 bits per heavy atom. The minimum atomic E-state index is -0.308. The summed E-state index contributed by atoms with van der Waals surface area (Å²) in [5.74, 6) is 0.0191. The average Bonchev–Trinajstić information content (AvgIpc) is 2.23. The van der Waals surface area contributed by atoms with E-state index < -0.39 is 0 Å². The Morgan fingerprint density at radius 3 is 2.50 bits per heavy atom. The quantitative estimate of drug-likeness (QED) is 0.798. The Hall–Kier alpha value is -1.97. The molecule has 0 aliphatic carbocycles. The van der Waals surface area contributed by atoms with E-state index in [0.29, 0.717) is 17.1 Å². The third-order valence-corrected chi connectivity index (χ3v) is 2.43. The van der Waals surface area contributed by atoms with Crippen molar-refractivity contribution >= 4 is 5.82 Å². The molecule has 3 nitrogen and oxygen atoms in total. The van der Waals surface area contributed by atoms with Gasteiger partial charge in [-0.1, -0.05) is 12.1 Å². The molecule has 2 rings (SSSR count). The van der Waals surface area contributed by atoms with E-state index in [1.807, 2.05) is 13.8 Å². The van der Waals surface area contributed by atoms with Crippen LogP contribution in [0.3, 0.4) is 0 Å². The second-order valence-electron chi connectivity index (χ2n) is 3.64. The predicted octanol–water partition coefficient (Wildman–Crippen LogP) is 2.48. The largest absolute Gasteiger partial charge is 0.382 e. The van der Waals surface area contributed by atoms with Gasteiger partial charge in [0.15, 0.2) is 0 Å². The Morgan fingerprint density at radius 1 is 1.12 bits per heavy atom. The molecule has 0 aliphatic heterocycles. The van der Waals surface area contributed by atoms with E-state index in [2.05, 4.69) is 9.97 Å². The van der Waals surface area contributed by atoms with Crippen molar-refractivity contribution in [3.05, 3.63) is 41.5 Å². The van der Waals surface area contributed by atoms with Crippen LogP contribution in [0.25, 0.3) is 11.3 Å². The van der Waals surface area contributed by atoms with E-state index in [-0.39, 0.29) is 5.82 Å². The molecule has 0 saturated carbocycles. The zero-order chi connectivity index (χ0) is 11.7. The van der Waals surface area contributed by atoms with Gasteiger partial charge >= 0.3 is 0 Å². The first-order valence-electron chi connectivity index (χ1n) is 4.94. The molecule has 0 fully saturated rings. The van der Waals surface area contributed by atoms with Crippen LogP contribution in [0.4, 0.5) is 10.2 Å². The smallest absolute Gasteiger partial charge is 0.150 e. The lowest BCUT2D eigenvalue weighted by Crippen LogP contribution is -2.02. The molecule has 0 atom stereocenters. The van der Waals surface area contributed by atoms with Crippen LogP contribution in [0.15, 0.2) is 24.3 Å². The van der Waals surface area contributed by atoms with Crippen molar-refractivity contribution in [2.75, 3.05) is 5.73 Å². The van der Waals surface area contributed by atoms with E-state index in [1.54, 1.807) is 12.1 Å². The lowest BCUT2D eigenvalue weighted by atomic mass is 10.1. The number of aromatic nitrogens is 2. The molecule has 0 spiro atoms. The van der Waals surface area contributed by atoms with Gasteiger partial charge in [0.05, 0.1) is 11.4 Å². The van der Waals surface area contributed by atoms with Crippen molar-refractivity contribution in [2.24, 2.45) is 0 Å². The SMILES string of the molecule is Cc1nc(N)c(-c2cccc(F)c2)nc1C. The van der Waals surface area contributed by atoms with Gasteiger partial charge in [-0.2, -0.15) is 0 Å². The first kappa shape index (κ1) is 10.5. The molecule has 0 radical (unpaired) electrons. The summed E-state index contributed by atoms with van der Waals surface area (Å²) in [5.41, 5.74) is 8.54. The molecule has 2 N–H and O–H groups in total. The summed E-state index contributed by atoms with van der Waals surface area (Å²) in [4.78, 5) is 8.50. The van der Waals surface area contributed by atoms with Crippen molar-refractivity contribution in [3.8, 4) is 11.3 Å². The van der Waals surface area contributed by atoms with E-state index >= 15 is 0 Å². The van der Waals surface area contributed by atoms with Crippen molar-refractivity contribution in [1.82, 2.24) is 9.97 Å². The van der Waals surface area contributed by atoms with Crippen LogP contribution in [0.2, 0.25) is 0 Å². The predicted molar refractivity (Wildman–Crippen MR) is 61.3 cm³/mol. The fourth-order valence-corrected chi connectivity index (χ4v) is 1.47. The average molecular weight is 217 g/mol. The van der Waals surface area contributed by atoms with Crippen LogP contribution in [0.5, 0.6) is 0 Å². The lowest BCUT2D eigenvalue weighted by molar-refractivity contribution is 0.628. The number of anilines is 1. The van der Waals surface area contributed by atoms with E-state index in [1.165, 1.54) is 12.1 Å². The number of nitrogens with two attached hydrogens (primary N) is 1. The molecular formula is C12H12FN3. The summed E-state index contributed by atoms with van der Waals surface area (Å²) >= 11 is 0. The van der Waals surface area contributed by atoms with Crippen molar-refractivity contribution < 1.29 is 4.39 Å². The van der Waals surface area contributed by atoms with Crippen molar-refractivity contribution in [3.63, 3.8) is 0 Å². The molecule has 82 valence electrons. The molecule has 0 bridgehead atoms. The Labute approximate surface area is 93.2 Å². The Balaban J connectivity index is 2.60. The first-order chi connectivity index (χ1) is 7.58. The number of nitrogen functional groups attached to an aromatic ring is 1. The molecule has 1 heterocycles. The molecule has 1 aromatic heterocycles. The third kappa shape index (κ3) is 1.86. The summed E-state index contributed by atoms with van der Waals surface area (Å²) < 4.78 is 13.1. The number of nitrogens with zero attached hydrogens (tertiary/aromatic N) is 2. The van der Waals surface area contributed by atoms with Crippen LogP contribution in [-0.4, -0.2) is 9.97 Å². The monoisotopic (exact) mass is 217 g/mol. The van der Waals surface area contributed by atoms with Gasteiger partial charge in [-0.25, -0.2) is 14.4 Å². The van der Waals surface area contributed by atoms with Gasteiger partial charge in [-0.05, 0) is 26.0 Å². The van der Waals surface area contributed by atoms with E-state index in [0.717, 1.165) is 11.4 Å². The molecule has 4 heteroatoms. The van der Waals surface area contributed by atoms with E-state index in [9.17, 15) is 4.39 Å². The minimum Gasteiger partial charge on any atom is -0.382 e. The summed E-state index contributed by atoms with van der Waals surface area (Å²) in [7, 11) is 0. The zero-order valence-electron chi connectivity index (χ0n) is 9.16. The maximum atomic E-state index is 13.1. The van der Waals surface area contributed by atoms with Gasteiger partial charge < -0.3 is 5.73 Å². The molecular weight excluding hydrogens is 205 g/mol. The van der Waals surface area contributed by atoms with Crippen molar-refractivity contribution in [2.45, 2.75) is 13.8 Å². The maximum absolute atomic E-state index is 13.1.